The Morgan fingerprint density at radius 2 is 2.26 bits per heavy atom. The van der Waals surface area contributed by atoms with Gasteiger partial charge in [-0.1, -0.05) is 11.3 Å². The van der Waals surface area contributed by atoms with E-state index in [2.05, 4.69) is 15.0 Å². The lowest BCUT2D eigenvalue weighted by atomic mass is 10.3. The van der Waals surface area contributed by atoms with E-state index in [4.69, 9.17) is 0 Å². The number of hydrogen-bond donors (Lipinski definition) is 1. The van der Waals surface area contributed by atoms with Gasteiger partial charge in [-0.25, -0.2) is 4.98 Å². The number of nitro benzene ring substituents is 1. The van der Waals surface area contributed by atoms with Gasteiger partial charge in [0, 0.05) is 17.9 Å². The topological polar surface area (TPSA) is 111 Å². The molecule has 1 aromatic carbocycles. The number of carbonyl (C=O) groups is 2. The van der Waals surface area contributed by atoms with Crippen LogP contribution in [0.25, 0.3) is 10.2 Å². The summed E-state index contributed by atoms with van der Waals surface area (Å²) in [5, 5.41) is 13.8. The van der Waals surface area contributed by atoms with Gasteiger partial charge in [0.25, 0.3) is 5.69 Å². The van der Waals surface area contributed by atoms with Crippen LogP contribution >= 0.6 is 23.1 Å². The van der Waals surface area contributed by atoms with Crippen molar-refractivity contribution >= 4 is 56.0 Å². The molecule has 1 N–H and O–H groups in total. The van der Waals surface area contributed by atoms with Gasteiger partial charge in [-0.3, -0.25) is 19.7 Å². The van der Waals surface area contributed by atoms with Crippen molar-refractivity contribution in [2.24, 2.45) is 0 Å². The van der Waals surface area contributed by atoms with Crippen LogP contribution in [0.15, 0.2) is 18.2 Å². The molecule has 2 aromatic rings. The molecule has 0 radical (unpaired) electrons. The molecule has 1 amide bonds. The molecule has 0 aliphatic rings. The van der Waals surface area contributed by atoms with Crippen LogP contribution in [0.5, 0.6) is 0 Å². The van der Waals surface area contributed by atoms with Crippen LogP contribution in [0.3, 0.4) is 0 Å². The molecule has 0 saturated heterocycles. The number of rotatable bonds is 7. The Labute approximate surface area is 139 Å². The molecule has 1 aromatic heterocycles. The van der Waals surface area contributed by atoms with Gasteiger partial charge < -0.3 is 10.1 Å². The predicted molar refractivity (Wildman–Crippen MR) is 88.9 cm³/mol. The van der Waals surface area contributed by atoms with Crippen LogP contribution in [0.1, 0.15) is 6.42 Å². The van der Waals surface area contributed by atoms with Crippen molar-refractivity contribution in [2.45, 2.75) is 6.42 Å². The Morgan fingerprint density at radius 1 is 1.48 bits per heavy atom. The van der Waals surface area contributed by atoms with Crippen molar-refractivity contribution < 1.29 is 19.2 Å². The predicted octanol–water partition coefficient (Wildman–Crippen LogP) is 2.44. The van der Waals surface area contributed by atoms with Crippen LogP contribution in [-0.2, 0) is 14.3 Å². The molecule has 0 aliphatic carbocycles. The number of anilines is 1. The Bertz CT molecular complexity index is 746. The molecule has 122 valence electrons. The van der Waals surface area contributed by atoms with Gasteiger partial charge in [0.2, 0.25) is 5.91 Å². The summed E-state index contributed by atoms with van der Waals surface area (Å²) in [5.74, 6) is 0.123. The average molecular weight is 355 g/mol. The maximum absolute atomic E-state index is 11.8. The van der Waals surface area contributed by atoms with Crippen molar-refractivity contribution in [2.75, 3.05) is 23.9 Å². The number of thioether (sulfide) groups is 1. The molecule has 1 heterocycles. The highest BCUT2D eigenvalue weighted by Gasteiger charge is 2.12. The lowest BCUT2D eigenvalue weighted by Crippen LogP contribution is -2.14. The molecule has 0 bridgehead atoms. The number of esters is 1. The van der Waals surface area contributed by atoms with Crippen LogP contribution in [0, 0.1) is 10.1 Å². The summed E-state index contributed by atoms with van der Waals surface area (Å²) >= 11 is 2.49. The fourth-order valence-corrected chi connectivity index (χ4v) is 3.29. The molecule has 0 spiro atoms. The molecular weight excluding hydrogens is 342 g/mol. The number of carbonyl (C=O) groups excluding carboxylic acids is 2. The molecule has 0 atom stereocenters. The number of nitrogens with zero attached hydrogens (tertiary/aromatic N) is 2. The number of non-ortho nitro benzene ring substituents is 1. The number of hydrogen-bond acceptors (Lipinski definition) is 8. The number of fused-ring (bicyclic) bond motifs is 1. The van der Waals surface area contributed by atoms with E-state index in [0.29, 0.717) is 21.1 Å². The number of ether oxygens (including phenoxy) is 1. The summed E-state index contributed by atoms with van der Waals surface area (Å²) in [4.78, 5) is 37.2. The fourth-order valence-electron chi connectivity index (χ4n) is 1.66. The summed E-state index contributed by atoms with van der Waals surface area (Å²) in [7, 11) is 1.32. The third-order valence-corrected chi connectivity index (χ3v) is 4.63. The first-order chi connectivity index (χ1) is 11.0. The molecule has 2 rings (SSSR count). The van der Waals surface area contributed by atoms with Gasteiger partial charge in [-0.2, -0.15) is 11.8 Å². The molecule has 0 saturated carbocycles. The summed E-state index contributed by atoms with van der Waals surface area (Å²) in [6.07, 6.45) is 0.249. The van der Waals surface area contributed by atoms with E-state index in [9.17, 15) is 19.7 Å². The van der Waals surface area contributed by atoms with E-state index in [-0.39, 0.29) is 29.7 Å². The Hall–Kier alpha value is -2.20. The van der Waals surface area contributed by atoms with E-state index in [1.165, 1.54) is 42.3 Å². The van der Waals surface area contributed by atoms with E-state index in [1.807, 2.05) is 0 Å². The first-order valence-electron chi connectivity index (χ1n) is 6.49. The average Bonchev–Trinajstić information content (AvgIpc) is 2.92. The highest BCUT2D eigenvalue weighted by molar-refractivity contribution is 7.99. The number of nitro groups is 1. The van der Waals surface area contributed by atoms with Crippen molar-refractivity contribution in [3.63, 3.8) is 0 Å². The highest BCUT2D eigenvalue weighted by atomic mass is 32.2. The standard InChI is InChI=1S/C13H13N3O5S2/c1-21-12(18)4-5-22-7-11(17)15-13-14-9-3-2-8(16(19)20)6-10(9)23-13/h2-3,6H,4-5,7H2,1H3,(H,14,15,17). The number of amides is 1. The van der Waals surface area contributed by atoms with Crippen LogP contribution in [-0.4, -0.2) is 40.4 Å². The Kier molecular flexibility index (Phi) is 5.88. The SMILES string of the molecule is COC(=O)CCSCC(=O)Nc1nc2ccc([N+](=O)[O-])cc2s1. The minimum atomic E-state index is -0.477. The van der Waals surface area contributed by atoms with Crippen molar-refractivity contribution in [1.29, 1.82) is 0 Å². The zero-order valence-corrected chi connectivity index (χ0v) is 13.7. The highest BCUT2D eigenvalue weighted by Crippen LogP contribution is 2.29. The third kappa shape index (κ3) is 4.89. The third-order valence-electron chi connectivity index (χ3n) is 2.74. The first kappa shape index (κ1) is 17.2. The lowest BCUT2D eigenvalue weighted by Gasteiger charge is -2.01. The monoisotopic (exact) mass is 355 g/mol. The van der Waals surface area contributed by atoms with Gasteiger partial charge in [-0.15, -0.1) is 0 Å². The van der Waals surface area contributed by atoms with Crippen LogP contribution in [0.4, 0.5) is 10.8 Å². The molecule has 0 fully saturated rings. The van der Waals surface area contributed by atoms with E-state index >= 15 is 0 Å². The van der Waals surface area contributed by atoms with Gasteiger partial charge in [-0.05, 0) is 6.07 Å². The largest absolute Gasteiger partial charge is 0.469 e. The molecule has 0 aliphatic heterocycles. The van der Waals surface area contributed by atoms with Gasteiger partial charge >= 0.3 is 5.97 Å². The van der Waals surface area contributed by atoms with Crippen LogP contribution < -0.4 is 5.32 Å². The number of nitrogens with one attached hydrogen (secondary N) is 1. The second-order valence-electron chi connectivity index (χ2n) is 4.36. The fraction of sp³-hybridized carbons (Fsp3) is 0.308. The minimum Gasteiger partial charge on any atom is -0.469 e. The summed E-state index contributed by atoms with van der Waals surface area (Å²) in [6.45, 7) is 0. The summed E-state index contributed by atoms with van der Waals surface area (Å²) in [6, 6.07) is 4.34. The summed E-state index contributed by atoms with van der Waals surface area (Å²) in [5.41, 5.74) is 0.576. The molecule has 10 heteroatoms. The minimum absolute atomic E-state index is 0.0163. The Morgan fingerprint density at radius 3 is 2.96 bits per heavy atom. The quantitative estimate of drug-likeness (QED) is 0.351. The Balaban J connectivity index is 1.89. The maximum Gasteiger partial charge on any atom is 0.306 e. The zero-order valence-electron chi connectivity index (χ0n) is 12.1. The second kappa shape index (κ2) is 7.88. The lowest BCUT2D eigenvalue weighted by molar-refractivity contribution is -0.384. The number of benzene rings is 1. The van der Waals surface area contributed by atoms with E-state index in [0.717, 1.165) is 0 Å². The maximum atomic E-state index is 11.8. The second-order valence-corrected chi connectivity index (χ2v) is 6.49. The molecule has 8 nitrogen and oxygen atoms in total. The van der Waals surface area contributed by atoms with Gasteiger partial charge in [0.05, 0.1) is 34.4 Å². The van der Waals surface area contributed by atoms with Gasteiger partial charge in [0.1, 0.15) is 0 Å². The molecule has 0 unspecified atom stereocenters. The van der Waals surface area contributed by atoms with E-state index < -0.39 is 4.92 Å². The normalized spacial score (nSPS) is 10.5. The molecular formula is C13H13N3O5S2. The molecule has 23 heavy (non-hydrogen) atoms. The number of thiazole rings is 1. The van der Waals surface area contributed by atoms with Crippen molar-refractivity contribution in [3.8, 4) is 0 Å². The first-order valence-corrected chi connectivity index (χ1v) is 8.46. The smallest absolute Gasteiger partial charge is 0.306 e. The number of methoxy groups -OCH3 is 1. The zero-order chi connectivity index (χ0) is 16.8. The van der Waals surface area contributed by atoms with E-state index in [1.54, 1.807) is 6.07 Å². The number of aromatic nitrogens is 1. The summed E-state index contributed by atoms with van der Waals surface area (Å²) < 4.78 is 5.14. The van der Waals surface area contributed by atoms with Crippen molar-refractivity contribution in [1.82, 2.24) is 4.98 Å². The van der Waals surface area contributed by atoms with Crippen LogP contribution in [0.2, 0.25) is 0 Å². The van der Waals surface area contributed by atoms with Gasteiger partial charge in [0.15, 0.2) is 5.13 Å². The van der Waals surface area contributed by atoms with Crippen molar-refractivity contribution in [3.05, 3.63) is 28.3 Å².